The van der Waals surface area contributed by atoms with Gasteiger partial charge in [0, 0.05) is 42.5 Å². The third kappa shape index (κ3) is 4.70. The maximum atomic E-state index is 13.5. The molecule has 5 aromatic rings. The third-order valence-corrected chi connectivity index (χ3v) is 6.61. The number of fused-ring (bicyclic) bond motifs is 2. The molecule has 1 fully saturated rings. The van der Waals surface area contributed by atoms with E-state index < -0.39 is 11.7 Å². The number of piperidine rings is 1. The standard InChI is InChI=1S/C27H24FN7O2/c1-35-6-4-20(5-7-35)37-27-22-8-16(2-3-24(22)32-15-33-27)23-14-31-25-21(23)9-17(11-30-25)26(36)34-19-10-18(28)12-29-13-19/h2-3,8-15,20H,4-7H2,1H3,(H,30,31)(H,34,36). The fourth-order valence-electron chi connectivity index (χ4n) is 4.60. The molecule has 0 unspecified atom stereocenters. The Morgan fingerprint density at radius 3 is 2.78 bits per heavy atom. The van der Waals surface area contributed by atoms with Gasteiger partial charge in [-0.05, 0) is 43.7 Å². The van der Waals surface area contributed by atoms with Crippen molar-refractivity contribution in [2.24, 2.45) is 0 Å². The molecule has 186 valence electrons. The lowest BCUT2D eigenvalue weighted by Crippen LogP contribution is -2.35. The van der Waals surface area contributed by atoms with Gasteiger partial charge in [-0.15, -0.1) is 0 Å². The summed E-state index contributed by atoms with van der Waals surface area (Å²) in [4.78, 5) is 35.3. The second-order valence-electron chi connectivity index (χ2n) is 9.20. The summed E-state index contributed by atoms with van der Waals surface area (Å²) in [6, 6.07) is 8.89. The van der Waals surface area contributed by atoms with Gasteiger partial charge in [-0.2, -0.15) is 0 Å². The van der Waals surface area contributed by atoms with E-state index in [-0.39, 0.29) is 11.8 Å². The number of pyridine rings is 2. The van der Waals surface area contributed by atoms with Crippen molar-refractivity contribution in [2.75, 3.05) is 25.5 Å². The molecule has 0 atom stereocenters. The number of carbonyl (C=O) groups excluding carboxylic acids is 1. The van der Waals surface area contributed by atoms with Crippen LogP contribution in [0.1, 0.15) is 23.2 Å². The van der Waals surface area contributed by atoms with Gasteiger partial charge in [-0.1, -0.05) is 6.07 Å². The van der Waals surface area contributed by atoms with Crippen molar-refractivity contribution in [2.45, 2.75) is 18.9 Å². The number of benzene rings is 1. The van der Waals surface area contributed by atoms with Crippen LogP contribution >= 0.6 is 0 Å². The first kappa shape index (κ1) is 23.0. The number of likely N-dealkylation sites (tertiary alicyclic amines) is 1. The van der Waals surface area contributed by atoms with E-state index in [2.05, 4.69) is 42.2 Å². The Bertz CT molecular complexity index is 1610. The molecule has 10 heteroatoms. The van der Waals surface area contributed by atoms with Crippen LogP contribution in [0.25, 0.3) is 33.1 Å². The molecule has 0 spiro atoms. The van der Waals surface area contributed by atoms with E-state index >= 15 is 0 Å². The molecule has 6 rings (SSSR count). The Morgan fingerprint density at radius 1 is 1.08 bits per heavy atom. The Balaban J connectivity index is 1.33. The van der Waals surface area contributed by atoms with Gasteiger partial charge in [0.15, 0.2) is 0 Å². The van der Waals surface area contributed by atoms with Crippen molar-refractivity contribution in [3.63, 3.8) is 0 Å². The van der Waals surface area contributed by atoms with Crippen molar-refractivity contribution in [1.82, 2.24) is 29.8 Å². The maximum Gasteiger partial charge on any atom is 0.257 e. The number of rotatable bonds is 5. The van der Waals surface area contributed by atoms with Gasteiger partial charge < -0.3 is 19.9 Å². The summed E-state index contributed by atoms with van der Waals surface area (Å²) >= 11 is 0. The summed E-state index contributed by atoms with van der Waals surface area (Å²) in [5.74, 6) is -0.364. The molecule has 1 aliphatic rings. The molecular weight excluding hydrogens is 473 g/mol. The van der Waals surface area contributed by atoms with E-state index in [1.165, 1.54) is 24.8 Å². The number of hydrogen-bond acceptors (Lipinski definition) is 7. The Labute approximate surface area is 211 Å². The monoisotopic (exact) mass is 497 g/mol. The molecule has 1 amide bonds. The number of aromatic amines is 1. The van der Waals surface area contributed by atoms with E-state index in [4.69, 9.17) is 4.74 Å². The van der Waals surface area contributed by atoms with Gasteiger partial charge in [-0.3, -0.25) is 9.78 Å². The quantitative estimate of drug-likeness (QED) is 0.370. The van der Waals surface area contributed by atoms with E-state index in [9.17, 15) is 9.18 Å². The molecule has 1 saturated heterocycles. The van der Waals surface area contributed by atoms with Crippen LogP contribution in [0.2, 0.25) is 0 Å². The average molecular weight is 498 g/mol. The van der Waals surface area contributed by atoms with Crippen LogP contribution in [-0.2, 0) is 0 Å². The number of carbonyl (C=O) groups is 1. The Kier molecular flexibility index (Phi) is 5.93. The number of hydrogen-bond donors (Lipinski definition) is 2. The zero-order chi connectivity index (χ0) is 25.4. The minimum Gasteiger partial charge on any atom is -0.474 e. The number of H-pyrrole nitrogens is 1. The summed E-state index contributed by atoms with van der Waals surface area (Å²) in [7, 11) is 2.12. The second-order valence-corrected chi connectivity index (χ2v) is 9.20. The maximum absolute atomic E-state index is 13.5. The largest absolute Gasteiger partial charge is 0.474 e. The Morgan fingerprint density at radius 2 is 1.95 bits per heavy atom. The molecule has 0 saturated carbocycles. The molecule has 4 aromatic heterocycles. The number of halogens is 1. The van der Waals surface area contributed by atoms with Gasteiger partial charge in [0.05, 0.1) is 34.5 Å². The summed E-state index contributed by atoms with van der Waals surface area (Å²) < 4.78 is 19.8. The van der Waals surface area contributed by atoms with Crippen molar-refractivity contribution < 1.29 is 13.9 Å². The molecule has 0 radical (unpaired) electrons. The average Bonchev–Trinajstić information content (AvgIpc) is 3.33. The molecule has 1 aromatic carbocycles. The number of ether oxygens (including phenoxy) is 1. The zero-order valence-corrected chi connectivity index (χ0v) is 20.1. The zero-order valence-electron chi connectivity index (χ0n) is 20.1. The summed E-state index contributed by atoms with van der Waals surface area (Å²) in [5.41, 5.74) is 3.84. The van der Waals surface area contributed by atoms with Crippen molar-refractivity contribution >= 4 is 33.5 Å². The molecular formula is C27H24FN7O2. The van der Waals surface area contributed by atoms with E-state index in [0.29, 0.717) is 17.1 Å². The van der Waals surface area contributed by atoms with Crippen molar-refractivity contribution in [1.29, 1.82) is 0 Å². The van der Waals surface area contributed by atoms with E-state index in [0.717, 1.165) is 59.5 Å². The predicted molar refractivity (Wildman–Crippen MR) is 138 cm³/mol. The topological polar surface area (TPSA) is 109 Å². The first-order valence-corrected chi connectivity index (χ1v) is 12.0. The van der Waals surface area contributed by atoms with Gasteiger partial charge >= 0.3 is 0 Å². The molecule has 0 aliphatic carbocycles. The first-order valence-electron chi connectivity index (χ1n) is 12.0. The van der Waals surface area contributed by atoms with Gasteiger partial charge in [0.2, 0.25) is 5.88 Å². The van der Waals surface area contributed by atoms with Crippen LogP contribution in [0, 0.1) is 5.82 Å². The molecule has 5 heterocycles. The SMILES string of the molecule is CN1CCC(Oc2ncnc3ccc(-c4c[nH]c5ncc(C(=O)Nc6cncc(F)c6)cc45)cc23)CC1. The lowest BCUT2D eigenvalue weighted by atomic mass is 10.0. The van der Waals surface area contributed by atoms with Crippen LogP contribution in [0.4, 0.5) is 10.1 Å². The minimum absolute atomic E-state index is 0.115. The minimum atomic E-state index is -0.529. The fraction of sp³-hybridized carbons (Fsp3) is 0.222. The number of nitrogens with zero attached hydrogens (tertiary/aromatic N) is 5. The molecule has 37 heavy (non-hydrogen) atoms. The lowest BCUT2D eigenvalue weighted by molar-refractivity contribution is 0.102. The van der Waals surface area contributed by atoms with Crippen LogP contribution in [0.3, 0.4) is 0 Å². The predicted octanol–water partition coefficient (Wildman–Crippen LogP) is 4.43. The van der Waals surface area contributed by atoms with Gasteiger partial charge in [0.25, 0.3) is 5.91 Å². The second kappa shape index (κ2) is 9.55. The third-order valence-electron chi connectivity index (χ3n) is 6.61. The molecule has 1 aliphatic heterocycles. The highest BCUT2D eigenvalue weighted by atomic mass is 19.1. The summed E-state index contributed by atoms with van der Waals surface area (Å²) in [6.07, 6.45) is 9.35. The highest BCUT2D eigenvalue weighted by molar-refractivity contribution is 6.07. The number of nitrogens with one attached hydrogen (secondary N) is 2. The highest BCUT2D eigenvalue weighted by Crippen LogP contribution is 2.33. The fourth-order valence-corrected chi connectivity index (χ4v) is 4.60. The first-order chi connectivity index (χ1) is 18.0. The van der Waals surface area contributed by atoms with E-state index in [1.54, 1.807) is 6.07 Å². The number of anilines is 1. The summed E-state index contributed by atoms with van der Waals surface area (Å²) in [5, 5.41) is 4.26. The van der Waals surface area contributed by atoms with Gasteiger partial charge in [-0.25, -0.2) is 19.3 Å². The van der Waals surface area contributed by atoms with Crippen LogP contribution in [0.5, 0.6) is 5.88 Å². The molecule has 2 N–H and O–H groups in total. The van der Waals surface area contributed by atoms with Crippen LogP contribution < -0.4 is 10.1 Å². The van der Waals surface area contributed by atoms with Crippen molar-refractivity contribution in [3.05, 3.63) is 72.8 Å². The summed E-state index contributed by atoms with van der Waals surface area (Å²) in [6.45, 7) is 1.99. The van der Waals surface area contributed by atoms with Crippen LogP contribution in [-0.4, -0.2) is 62.0 Å². The lowest BCUT2D eigenvalue weighted by Gasteiger charge is -2.29. The normalized spacial score (nSPS) is 14.8. The number of amides is 1. The number of aromatic nitrogens is 5. The Hall–Kier alpha value is -4.44. The van der Waals surface area contributed by atoms with Gasteiger partial charge in [0.1, 0.15) is 23.9 Å². The van der Waals surface area contributed by atoms with Crippen LogP contribution in [0.15, 0.2) is 61.4 Å². The van der Waals surface area contributed by atoms with E-state index in [1.807, 2.05) is 24.4 Å². The molecule has 0 bridgehead atoms. The highest BCUT2D eigenvalue weighted by Gasteiger charge is 2.20. The van der Waals surface area contributed by atoms with Crippen molar-refractivity contribution in [3.8, 4) is 17.0 Å². The molecule has 9 nitrogen and oxygen atoms in total. The smallest absolute Gasteiger partial charge is 0.257 e.